The number of hydrogen-bond acceptors (Lipinski definition) is 2. The Kier molecular flexibility index (Phi) is 5.59. The molecule has 0 aliphatic rings. The van der Waals surface area contributed by atoms with E-state index in [1.54, 1.807) is 6.07 Å². The molecular weight excluding hydrogens is 289 g/mol. The fourth-order valence-electron chi connectivity index (χ4n) is 1.91. The smallest absolute Gasteiger partial charge is 0.145 e. The third-order valence-electron chi connectivity index (χ3n) is 3.10. The molecule has 0 fully saturated rings. The number of halogens is 2. The minimum atomic E-state index is -0.469. The monoisotopic (exact) mass is 307 g/mol. The van der Waals surface area contributed by atoms with Crippen molar-refractivity contribution < 1.29 is 9.13 Å². The van der Waals surface area contributed by atoms with Crippen molar-refractivity contribution in [3.05, 3.63) is 64.4 Å². The van der Waals surface area contributed by atoms with Gasteiger partial charge in [-0.2, -0.15) is 0 Å². The van der Waals surface area contributed by atoms with Crippen LogP contribution in [0.4, 0.5) is 4.39 Å². The van der Waals surface area contributed by atoms with Crippen LogP contribution in [-0.4, -0.2) is 6.04 Å². The molecule has 0 amide bonds. The lowest BCUT2D eigenvalue weighted by molar-refractivity contribution is 0.303. The molecule has 4 heteroatoms. The van der Waals surface area contributed by atoms with E-state index in [-0.39, 0.29) is 5.02 Å². The van der Waals surface area contributed by atoms with Crippen LogP contribution in [-0.2, 0) is 13.2 Å². The van der Waals surface area contributed by atoms with Crippen LogP contribution >= 0.6 is 11.6 Å². The highest BCUT2D eigenvalue weighted by atomic mass is 35.5. The van der Waals surface area contributed by atoms with Gasteiger partial charge in [-0.25, -0.2) is 4.39 Å². The van der Waals surface area contributed by atoms with Gasteiger partial charge in [0.1, 0.15) is 18.2 Å². The molecule has 2 aromatic rings. The molecule has 2 rings (SSSR count). The van der Waals surface area contributed by atoms with Gasteiger partial charge in [0, 0.05) is 18.7 Å². The lowest BCUT2D eigenvalue weighted by atomic mass is 10.1. The van der Waals surface area contributed by atoms with E-state index in [1.165, 1.54) is 17.7 Å². The maximum Gasteiger partial charge on any atom is 0.145 e. The van der Waals surface area contributed by atoms with Crippen molar-refractivity contribution >= 4 is 11.6 Å². The van der Waals surface area contributed by atoms with Crippen molar-refractivity contribution in [2.45, 2.75) is 33.0 Å². The fraction of sp³-hybridized carbons (Fsp3) is 0.294. The van der Waals surface area contributed by atoms with E-state index < -0.39 is 5.82 Å². The molecule has 0 aromatic heterocycles. The first-order valence-corrected chi connectivity index (χ1v) is 7.32. The van der Waals surface area contributed by atoms with Gasteiger partial charge in [0.05, 0.1) is 5.02 Å². The van der Waals surface area contributed by atoms with Crippen molar-refractivity contribution in [2.24, 2.45) is 0 Å². The quantitative estimate of drug-likeness (QED) is 0.845. The topological polar surface area (TPSA) is 21.3 Å². The van der Waals surface area contributed by atoms with Crippen LogP contribution in [0.2, 0.25) is 5.02 Å². The first-order chi connectivity index (χ1) is 10.1. The standard InChI is InChI=1S/C17H19ClFNO/c1-12(2)20-10-13-5-3-4-6-14(13)11-21-15-7-8-16(18)17(19)9-15/h3-9,12,20H,10-11H2,1-2H3. The summed E-state index contributed by atoms with van der Waals surface area (Å²) in [7, 11) is 0. The molecule has 0 saturated carbocycles. The lowest BCUT2D eigenvalue weighted by Gasteiger charge is -2.13. The van der Waals surface area contributed by atoms with Crippen LogP contribution in [0.1, 0.15) is 25.0 Å². The molecule has 21 heavy (non-hydrogen) atoms. The van der Waals surface area contributed by atoms with Crippen molar-refractivity contribution in [1.82, 2.24) is 5.32 Å². The third-order valence-corrected chi connectivity index (χ3v) is 3.41. The Labute approximate surface area is 129 Å². The highest BCUT2D eigenvalue weighted by molar-refractivity contribution is 6.30. The summed E-state index contributed by atoms with van der Waals surface area (Å²) in [6.07, 6.45) is 0. The summed E-state index contributed by atoms with van der Waals surface area (Å²) in [6.45, 7) is 5.40. The fourth-order valence-corrected chi connectivity index (χ4v) is 2.03. The van der Waals surface area contributed by atoms with Crippen LogP contribution in [0.15, 0.2) is 42.5 Å². The number of benzene rings is 2. The minimum Gasteiger partial charge on any atom is -0.489 e. The molecule has 0 saturated heterocycles. The van der Waals surface area contributed by atoms with Crippen molar-refractivity contribution in [3.63, 3.8) is 0 Å². The summed E-state index contributed by atoms with van der Waals surface area (Å²) in [5.74, 6) is 0.00690. The molecule has 112 valence electrons. The highest BCUT2D eigenvalue weighted by Gasteiger charge is 2.05. The first kappa shape index (κ1) is 15.8. The lowest BCUT2D eigenvalue weighted by Crippen LogP contribution is -2.22. The highest BCUT2D eigenvalue weighted by Crippen LogP contribution is 2.21. The molecule has 0 radical (unpaired) electrons. The average Bonchev–Trinajstić information content (AvgIpc) is 2.47. The van der Waals surface area contributed by atoms with E-state index in [0.29, 0.717) is 18.4 Å². The Morgan fingerprint density at radius 1 is 1.14 bits per heavy atom. The van der Waals surface area contributed by atoms with Crippen molar-refractivity contribution in [2.75, 3.05) is 0 Å². The molecule has 0 aliphatic carbocycles. The van der Waals surface area contributed by atoms with E-state index in [2.05, 4.69) is 25.2 Å². The summed E-state index contributed by atoms with van der Waals surface area (Å²) in [6, 6.07) is 12.9. The van der Waals surface area contributed by atoms with Crippen LogP contribution in [0.3, 0.4) is 0 Å². The summed E-state index contributed by atoms with van der Waals surface area (Å²) in [5.41, 5.74) is 2.27. The van der Waals surface area contributed by atoms with Gasteiger partial charge in [0.15, 0.2) is 0 Å². The van der Waals surface area contributed by atoms with Gasteiger partial charge < -0.3 is 10.1 Å². The van der Waals surface area contributed by atoms with E-state index in [1.807, 2.05) is 18.2 Å². The molecule has 0 aliphatic heterocycles. The Balaban J connectivity index is 2.03. The summed E-state index contributed by atoms with van der Waals surface area (Å²) < 4.78 is 19.0. The summed E-state index contributed by atoms with van der Waals surface area (Å²) in [5, 5.41) is 3.48. The van der Waals surface area contributed by atoms with Crippen LogP contribution < -0.4 is 10.1 Å². The van der Waals surface area contributed by atoms with E-state index >= 15 is 0 Å². The van der Waals surface area contributed by atoms with E-state index in [4.69, 9.17) is 16.3 Å². The molecule has 0 unspecified atom stereocenters. The number of nitrogens with one attached hydrogen (secondary N) is 1. The molecule has 2 nitrogen and oxygen atoms in total. The Morgan fingerprint density at radius 2 is 1.86 bits per heavy atom. The summed E-state index contributed by atoms with van der Waals surface area (Å²) >= 11 is 5.66. The zero-order valence-corrected chi connectivity index (χ0v) is 13.0. The molecule has 0 bridgehead atoms. The van der Waals surface area contributed by atoms with E-state index in [9.17, 15) is 4.39 Å². The largest absolute Gasteiger partial charge is 0.489 e. The summed E-state index contributed by atoms with van der Waals surface area (Å²) in [4.78, 5) is 0. The second-order valence-electron chi connectivity index (χ2n) is 5.17. The molecule has 1 N–H and O–H groups in total. The van der Waals surface area contributed by atoms with Gasteiger partial charge in [-0.1, -0.05) is 49.7 Å². The average molecular weight is 308 g/mol. The molecule has 0 atom stereocenters. The SMILES string of the molecule is CC(C)NCc1ccccc1COc1ccc(Cl)c(F)c1. The zero-order chi connectivity index (χ0) is 15.2. The molecule has 0 spiro atoms. The number of rotatable bonds is 6. The minimum absolute atomic E-state index is 0.101. The van der Waals surface area contributed by atoms with Gasteiger partial charge >= 0.3 is 0 Å². The van der Waals surface area contributed by atoms with Crippen molar-refractivity contribution in [1.29, 1.82) is 0 Å². The predicted molar refractivity (Wildman–Crippen MR) is 84.2 cm³/mol. The Hall–Kier alpha value is -1.58. The Bertz CT molecular complexity index is 601. The van der Waals surface area contributed by atoms with E-state index in [0.717, 1.165) is 12.1 Å². The first-order valence-electron chi connectivity index (χ1n) is 6.94. The van der Waals surface area contributed by atoms with Gasteiger partial charge in [-0.15, -0.1) is 0 Å². The molecular formula is C17H19ClFNO. The predicted octanol–water partition coefficient (Wildman–Crippen LogP) is 4.56. The van der Waals surface area contributed by atoms with Gasteiger partial charge in [0.25, 0.3) is 0 Å². The number of hydrogen-bond donors (Lipinski definition) is 1. The number of ether oxygens (including phenoxy) is 1. The molecule has 0 heterocycles. The maximum atomic E-state index is 13.4. The second-order valence-corrected chi connectivity index (χ2v) is 5.58. The van der Waals surface area contributed by atoms with Gasteiger partial charge in [-0.05, 0) is 23.3 Å². The maximum absolute atomic E-state index is 13.4. The zero-order valence-electron chi connectivity index (χ0n) is 12.2. The van der Waals surface area contributed by atoms with Crippen molar-refractivity contribution in [3.8, 4) is 5.75 Å². The van der Waals surface area contributed by atoms with Gasteiger partial charge in [0.2, 0.25) is 0 Å². The van der Waals surface area contributed by atoms with Crippen LogP contribution in [0.5, 0.6) is 5.75 Å². The Morgan fingerprint density at radius 3 is 2.52 bits per heavy atom. The normalized spacial score (nSPS) is 10.9. The third kappa shape index (κ3) is 4.73. The second kappa shape index (κ2) is 7.43. The van der Waals surface area contributed by atoms with Gasteiger partial charge in [-0.3, -0.25) is 0 Å². The molecule has 2 aromatic carbocycles. The van der Waals surface area contributed by atoms with Crippen LogP contribution in [0, 0.1) is 5.82 Å². The van der Waals surface area contributed by atoms with Crippen LogP contribution in [0.25, 0.3) is 0 Å².